The summed E-state index contributed by atoms with van der Waals surface area (Å²) in [6.45, 7) is 0.796. The molecule has 1 aliphatic heterocycles. The molecule has 1 atom stereocenters. The number of hydrogen-bond acceptors (Lipinski definition) is 2. The highest BCUT2D eigenvalue weighted by Crippen LogP contribution is 2.28. The van der Waals surface area contributed by atoms with Gasteiger partial charge in [-0.2, -0.15) is 0 Å². The van der Waals surface area contributed by atoms with E-state index in [0.29, 0.717) is 0 Å². The molecule has 1 heterocycles. The predicted octanol–water partition coefficient (Wildman–Crippen LogP) is 2.28. The summed E-state index contributed by atoms with van der Waals surface area (Å²) >= 11 is 0. The lowest BCUT2D eigenvalue weighted by molar-refractivity contribution is 0.316. The van der Waals surface area contributed by atoms with Crippen LogP contribution in [0.4, 0.5) is 0 Å². The highest BCUT2D eigenvalue weighted by atomic mass is 35.5. The Kier molecular flexibility index (Phi) is 3.58. The van der Waals surface area contributed by atoms with Crippen LogP contribution in [0.5, 0.6) is 5.75 Å². The number of benzene rings is 1. The van der Waals surface area contributed by atoms with Crippen molar-refractivity contribution in [1.82, 2.24) is 0 Å². The van der Waals surface area contributed by atoms with Crippen LogP contribution in [0.3, 0.4) is 0 Å². The van der Waals surface area contributed by atoms with Gasteiger partial charge in [-0.1, -0.05) is 18.2 Å². The number of halogens is 1. The highest BCUT2D eigenvalue weighted by Gasteiger charge is 2.14. The van der Waals surface area contributed by atoms with Crippen LogP contribution in [-0.4, -0.2) is 6.61 Å². The lowest BCUT2D eigenvalue weighted by Gasteiger charge is -2.10. The molecular formula is C10H14ClNO. The maximum absolute atomic E-state index is 5.97. The Morgan fingerprint density at radius 2 is 2.08 bits per heavy atom. The summed E-state index contributed by atoms with van der Waals surface area (Å²) in [7, 11) is 0. The number of para-hydroxylation sites is 1. The van der Waals surface area contributed by atoms with Crippen molar-refractivity contribution < 1.29 is 4.74 Å². The zero-order valence-electron chi connectivity index (χ0n) is 7.40. The summed E-state index contributed by atoms with van der Waals surface area (Å²) in [6, 6.07) is 8.18. The molecule has 1 aliphatic rings. The van der Waals surface area contributed by atoms with Crippen LogP contribution in [0.2, 0.25) is 0 Å². The number of ether oxygens (including phenoxy) is 1. The fourth-order valence-corrected chi connectivity index (χ4v) is 1.56. The largest absolute Gasteiger partial charge is 0.493 e. The van der Waals surface area contributed by atoms with Gasteiger partial charge in [0.25, 0.3) is 0 Å². The second kappa shape index (κ2) is 4.49. The maximum Gasteiger partial charge on any atom is 0.124 e. The van der Waals surface area contributed by atoms with E-state index >= 15 is 0 Å². The summed E-state index contributed by atoms with van der Waals surface area (Å²) in [5, 5.41) is 0. The number of fused-ring (bicyclic) bond motifs is 1. The Balaban J connectivity index is 0.000000845. The van der Waals surface area contributed by atoms with Crippen LogP contribution >= 0.6 is 12.4 Å². The van der Waals surface area contributed by atoms with Crippen molar-refractivity contribution in [2.75, 3.05) is 6.61 Å². The highest BCUT2D eigenvalue weighted by molar-refractivity contribution is 5.85. The van der Waals surface area contributed by atoms with Gasteiger partial charge >= 0.3 is 0 Å². The number of rotatable bonds is 0. The first-order valence-electron chi connectivity index (χ1n) is 4.35. The molecule has 0 radical (unpaired) electrons. The predicted molar refractivity (Wildman–Crippen MR) is 55.3 cm³/mol. The van der Waals surface area contributed by atoms with Gasteiger partial charge in [0.15, 0.2) is 0 Å². The molecule has 0 aliphatic carbocycles. The molecule has 13 heavy (non-hydrogen) atoms. The molecule has 0 bridgehead atoms. The fourth-order valence-electron chi connectivity index (χ4n) is 1.56. The number of hydrogen-bond donors (Lipinski definition) is 1. The molecule has 0 spiro atoms. The van der Waals surface area contributed by atoms with E-state index in [1.165, 1.54) is 0 Å². The molecule has 0 saturated heterocycles. The van der Waals surface area contributed by atoms with Gasteiger partial charge in [0.2, 0.25) is 0 Å². The monoisotopic (exact) mass is 199 g/mol. The molecular weight excluding hydrogens is 186 g/mol. The molecule has 2 rings (SSSR count). The van der Waals surface area contributed by atoms with Crippen molar-refractivity contribution in [2.45, 2.75) is 18.9 Å². The van der Waals surface area contributed by atoms with Gasteiger partial charge in [0, 0.05) is 11.6 Å². The van der Waals surface area contributed by atoms with E-state index in [2.05, 4.69) is 0 Å². The maximum atomic E-state index is 5.97. The normalized spacial score (nSPS) is 20.5. The minimum atomic E-state index is 0. The number of nitrogens with two attached hydrogens (primary N) is 1. The van der Waals surface area contributed by atoms with Crippen LogP contribution in [-0.2, 0) is 0 Å². The van der Waals surface area contributed by atoms with Crippen LogP contribution in [0.1, 0.15) is 24.4 Å². The second-order valence-corrected chi connectivity index (χ2v) is 3.14. The smallest absolute Gasteiger partial charge is 0.124 e. The van der Waals surface area contributed by atoms with Crippen LogP contribution in [0.15, 0.2) is 24.3 Å². The van der Waals surface area contributed by atoms with E-state index in [0.717, 1.165) is 30.8 Å². The minimum absolute atomic E-state index is 0. The molecule has 2 N–H and O–H groups in total. The first-order chi connectivity index (χ1) is 5.88. The molecule has 3 heteroatoms. The summed E-state index contributed by atoms with van der Waals surface area (Å²) in [5.74, 6) is 0.961. The van der Waals surface area contributed by atoms with Crippen LogP contribution in [0.25, 0.3) is 0 Å². The molecule has 0 saturated carbocycles. The molecule has 0 unspecified atom stereocenters. The van der Waals surface area contributed by atoms with Crippen LogP contribution < -0.4 is 10.5 Å². The second-order valence-electron chi connectivity index (χ2n) is 3.14. The van der Waals surface area contributed by atoms with Gasteiger partial charge in [-0.15, -0.1) is 12.4 Å². The van der Waals surface area contributed by atoms with E-state index in [9.17, 15) is 0 Å². The van der Waals surface area contributed by atoms with Gasteiger partial charge in [0.1, 0.15) is 5.75 Å². The first kappa shape index (κ1) is 10.4. The topological polar surface area (TPSA) is 35.2 Å². The average molecular weight is 200 g/mol. The molecule has 0 fully saturated rings. The van der Waals surface area contributed by atoms with Gasteiger partial charge in [-0.25, -0.2) is 0 Å². The Morgan fingerprint density at radius 1 is 1.31 bits per heavy atom. The molecule has 0 amide bonds. The van der Waals surface area contributed by atoms with E-state index in [-0.39, 0.29) is 18.4 Å². The average Bonchev–Trinajstić information content (AvgIpc) is 2.29. The Bertz CT molecular complexity index is 277. The Labute approximate surface area is 84.5 Å². The van der Waals surface area contributed by atoms with E-state index < -0.39 is 0 Å². The van der Waals surface area contributed by atoms with Gasteiger partial charge < -0.3 is 10.5 Å². The zero-order chi connectivity index (χ0) is 8.39. The molecule has 1 aromatic carbocycles. The summed E-state index contributed by atoms with van der Waals surface area (Å²) < 4.78 is 5.54. The van der Waals surface area contributed by atoms with Gasteiger partial charge in [-0.3, -0.25) is 0 Å². The third kappa shape index (κ3) is 2.14. The van der Waals surface area contributed by atoms with E-state index in [1.807, 2.05) is 24.3 Å². The minimum Gasteiger partial charge on any atom is -0.493 e. The molecule has 0 aromatic heterocycles. The van der Waals surface area contributed by atoms with Crippen molar-refractivity contribution in [1.29, 1.82) is 0 Å². The van der Waals surface area contributed by atoms with Crippen LogP contribution in [0, 0.1) is 0 Å². The fraction of sp³-hybridized carbons (Fsp3) is 0.400. The molecule has 2 nitrogen and oxygen atoms in total. The van der Waals surface area contributed by atoms with Crippen molar-refractivity contribution in [3.63, 3.8) is 0 Å². The molecule has 1 aromatic rings. The zero-order valence-corrected chi connectivity index (χ0v) is 8.22. The van der Waals surface area contributed by atoms with Crippen molar-refractivity contribution >= 4 is 12.4 Å². The van der Waals surface area contributed by atoms with E-state index in [4.69, 9.17) is 10.5 Å². The lowest BCUT2D eigenvalue weighted by atomic mass is 10.0. The first-order valence-corrected chi connectivity index (χ1v) is 4.35. The quantitative estimate of drug-likeness (QED) is 0.696. The standard InChI is InChI=1S/C10H13NO.ClH/c11-9-5-3-7-12-10-6-2-1-4-8(9)10;/h1-2,4,6,9H,3,5,7,11H2;1H/t9-;/m1./s1. The molecule has 72 valence electrons. The summed E-state index contributed by atoms with van der Waals surface area (Å²) in [5.41, 5.74) is 7.11. The third-order valence-corrected chi connectivity index (χ3v) is 2.24. The Hall–Kier alpha value is -0.730. The summed E-state index contributed by atoms with van der Waals surface area (Å²) in [4.78, 5) is 0. The summed E-state index contributed by atoms with van der Waals surface area (Å²) in [6.07, 6.45) is 2.08. The lowest BCUT2D eigenvalue weighted by Crippen LogP contribution is -2.08. The van der Waals surface area contributed by atoms with E-state index in [1.54, 1.807) is 0 Å². The van der Waals surface area contributed by atoms with Crippen molar-refractivity contribution in [2.24, 2.45) is 5.73 Å². The van der Waals surface area contributed by atoms with Gasteiger partial charge in [0.05, 0.1) is 6.61 Å². The van der Waals surface area contributed by atoms with Gasteiger partial charge in [-0.05, 0) is 18.9 Å². The SMILES string of the molecule is Cl.N[C@@H]1CCCOc2ccccc21. The third-order valence-electron chi connectivity index (χ3n) is 2.24. The van der Waals surface area contributed by atoms with Crippen molar-refractivity contribution in [3.05, 3.63) is 29.8 Å². The van der Waals surface area contributed by atoms with Crippen molar-refractivity contribution in [3.8, 4) is 5.75 Å². The Morgan fingerprint density at radius 3 is 2.92 bits per heavy atom.